The third-order valence-corrected chi connectivity index (χ3v) is 8.95. The van der Waals surface area contributed by atoms with E-state index in [0.29, 0.717) is 0 Å². The van der Waals surface area contributed by atoms with E-state index in [1.54, 1.807) is 0 Å². The van der Waals surface area contributed by atoms with Crippen LogP contribution in [0.2, 0.25) is 0 Å². The molecule has 0 unspecified atom stereocenters. The minimum atomic E-state index is 1.03. The summed E-state index contributed by atoms with van der Waals surface area (Å²) < 4.78 is 2.19. The molecule has 2 aromatic heterocycles. The lowest BCUT2D eigenvalue weighted by Gasteiger charge is -2.18. The van der Waals surface area contributed by atoms with Gasteiger partial charge in [0, 0.05) is 29.8 Å². The number of pyridine rings is 2. The Balaban J connectivity index is 1.22. The van der Waals surface area contributed by atoms with Crippen LogP contribution in [0.25, 0.3) is 81.9 Å². The Morgan fingerprint density at radius 3 is 1.70 bits per heavy atom. The fourth-order valence-electron chi connectivity index (χ4n) is 6.86. The summed E-state index contributed by atoms with van der Waals surface area (Å²) in [7, 11) is 0. The summed E-state index contributed by atoms with van der Waals surface area (Å²) in [6.45, 7) is 0. The fraction of sp³-hybridized carbons (Fsp3) is 0. The van der Waals surface area contributed by atoms with E-state index in [4.69, 9.17) is 0 Å². The molecule has 204 valence electrons. The highest BCUT2D eigenvalue weighted by Crippen LogP contribution is 2.44. The Morgan fingerprint density at radius 1 is 0.409 bits per heavy atom. The molecule has 9 aromatic rings. The maximum atomic E-state index is 4.69. The third kappa shape index (κ3) is 3.89. The van der Waals surface area contributed by atoms with Gasteiger partial charge >= 0.3 is 0 Å². The SMILES string of the molecule is c1ccc2cc(-c3c4ccccc4c(-c4ccc(-[n+]5ccc6ccc7cccnc7c6c5)cc4)c4ccccc34)ccc2c1. The lowest BCUT2D eigenvalue weighted by atomic mass is 9.85. The summed E-state index contributed by atoms with van der Waals surface area (Å²) in [6.07, 6.45) is 6.20. The first-order chi connectivity index (χ1) is 21.8. The van der Waals surface area contributed by atoms with Crippen LogP contribution in [-0.2, 0) is 0 Å². The van der Waals surface area contributed by atoms with Crippen molar-refractivity contribution >= 4 is 54.0 Å². The van der Waals surface area contributed by atoms with E-state index in [0.717, 1.165) is 22.0 Å². The monoisotopic (exact) mass is 559 g/mol. The predicted octanol–water partition coefficient (Wildman–Crippen LogP) is 10.5. The number of benzene rings is 7. The molecule has 0 radical (unpaired) electrons. The molecule has 2 nitrogen and oxygen atoms in total. The van der Waals surface area contributed by atoms with Crippen LogP contribution in [0.1, 0.15) is 0 Å². The molecule has 0 amide bonds. The van der Waals surface area contributed by atoms with Gasteiger partial charge in [-0.05, 0) is 84.2 Å². The summed E-state index contributed by atoms with van der Waals surface area (Å²) in [6, 6.07) is 52.7. The van der Waals surface area contributed by atoms with Gasteiger partial charge in [-0.25, -0.2) is 0 Å². The van der Waals surface area contributed by atoms with Gasteiger partial charge in [-0.3, -0.25) is 4.98 Å². The summed E-state index contributed by atoms with van der Waals surface area (Å²) in [5, 5.41) is 11.1. The smallest absolute Gasteiger partial charge is 0.210 e. The Hall–Kier alpha value is -5.86. The Morgan fingerprint density at radius 2 is 0.977 bits per heavy atom. The van der Waals surface area contributed by atoms with Crippen LogP contribution in [0.15, 0.2) is 164 Å². The van der Waals surface area contributed by atoms with E-state index in [-0.39, 0.29) is 0 Å². The minimum Gasteiger partial charge on any atom is -0.255 e. The lowest BCUT2D eigenvalue weighted by molar-refractivity contribution is -0.594. The molecule has 0 saturated heterocycles. The highest BCUT2D eigenvalue weighted by molar-refractivity contribution is 6.21. The first-order valence-corrected chi connectivity index (χ1v) is 15.0. The number of nitrogens with zero attached hydrogens (tertiary/aromatic N) is 2. The molecule has 9 rings (SSSR count). The minimum absolute atomic E-state index is 1.03. The van der Waals surface area contributed by atoms with E-state index >= 15 is 0 Å². The zero-order chi connectivity index (χ0) is 29.0. The predicted molar refractivity (Wildman–Crippen MR) is 184 cm³/mol. The number of aromatic nitrogens is 2. The molecule has 0 aliphatic carbocycles. The van der Waals surface area contributed by atoms with Gasteiger partial charge in [0.05, 0.1) is 10.9 Å². The Kier molecular flexibility index (Phi) is 5.54. The third-order valence-electron chi connectivity index (χ3n) is 8.95. The molecule has 0 atom stereocenters. The van der Waals surface area contributed by atoms with Crippen molar-refractivity contribution in [2.45, 2.75) is 0 Å². The molecule has 0 spiro atoms. The van der Waals surface area contributed by atoms with Gasteiger partial charge in [0.25, 0.3) is 0 Å². The lowest BCUT2D eigenvalue weighted by Crippen LogP contribution is -2.29. The van der Waals surface area contributed by atoms with E-state index in [1.165, 1.54) is 60.0 Å². The maximum absolute atomic E-state index is 4.69. The van der Waals surface area contributed by atoms with Crippen LogP contribution in [0.5, 0.6) is 0 Å². The van der Waals surface area contributed by atoms with Crippen molar-refractivity contribution in [3.63, 3.8) is 0 Å². The number of hydrogen-bond acceptors (Lipinski definition) is 1. The van der Waals surface area contributed by atoms with E-state index < -0.39 is 0 Å². The quantitative estimate of drug-likeness (QED) is 0.120. The van der Waals surface area contributed by atoms with Crippen molar-refractivity contribution in [2.24, 2.45) is 0 Å². The first-order valence-electron chi connectivity index (χ1n) is 15.0. The number of rotatable bonds is 3. The van der Waals surface area contributed by atoms with Crippen LogP contribution in [0.4, 0.5) is 0 Å². The van der Waals surface area contributed by atoms with Gasteiger partial charge < -0.3 is 0 Å². The zero-order valence-corrected chi connectivity index (χ0v) is 24.0. The van der Waals surface area contributed by atoms with Gasteiger partial charge in [0.15, 0.2) is 12.4 Å². The largest absolute Gasteiger partial charge is 0.255 e. The second-order valence-corrected chi connectivity index (χ2v) is 11.4. The van der Waals surface area contributed by atoms with Crippen molar-refractivity contribution in [1.29, 1.82) is 0 Å². The second-order valence-electron chi connectivity index (χ2n) is 11.4. The highest BCUT2D eigenvalue weighted by atomic mass is 14.9. The average Bonchev–Trinajstić information content (AvgIpc) is 3.10. The molecular formula is C42H27N2+. The Labute approximate surface area is 255 Å². The molecule has 0 aliphatic heterocycles. The molecule has 0 fully saturated rings. The van der Waals surface area contributed by atoms with Crippen molar-refractivity contribution < 1.29 is 4.57 Å². The maximum Gasteiger partial charge on any atom is 0.210 e. The fourth-order valence-corrected chi connectivity index (χ4v) is 6.86. The van der Waals surface area contributed by atoms with Crippen LogP contribution in [-0.4, -0.2) is 4.98 Å². The summed E-state index contributed by atoms with van der Waals surface area (Å²) in [4.78, 5) is 4.69. The van der Waals surface area contributed by atoms with Gasteiger partial charge in [-0.1, -0.05) is 103 Å². The zero-order valence-electron chi connectivity index (χ0n) is 24.0. The number of hydrogen-bond donors (Lipinski definition) is 0. The molecule has 0 saturated carbocycles. The molecular weight excluding hydrogens is 532 g/mol. The van der Waals surface area contributed by atoms with E-state index in [9.17, 15) is 0 Å². The molecule has 2 heteroatoms. The summed E-state index contributed by atoms with van der Waals surface area (Å²) >= 11 is 0. The molecule has 2 heterocycles. The second kappa shape index (κ2) is 9.86. The summed E-state index contributed by atoms with van der Waals surface area (Å²) in [5.74, 6) is 0. The molecule has 7 aromatic carbocycles. The van der Waals surface area contributed by atoms with Crippen molar-refractivity contribution in [1.82, 2.24) is 4.98 Å². The Bertz CT molecular complexity index is 2490. The molecule has 0 aliphatic rings. The van der Waals surface area contributed by atoms with E-state index in [1.807, 2.05) is 12.3 Å². The normalized spacial score (nSPS) is 11.6. The first kappa shape index (κ1) is 24.7. The molecule has 44 heavy (non-hydrogen) atoms. The van der Waals surface area contributed by atoms with Crippen molar-refractivity contribution in [2.75, 3.05) is 0 Å². The van der Waals surface area contributed by atoms with Gasteiger partial charge in [-0.2, -0.15) is 4.57 Å². The van der Waals surface area contributed by atoms with Gasteiger partial charge in [0.2, 0.25) is 5.69 Å². The van der Waals surface area contributed by atoms with Crippen LogP contribution < -0.4 is 4.57 Å². The topological polar surface area (TPSA) is 16.8 Å². The average molecular weight is 560 g/mol. The van der Waals surface area contributed by atoms with Gasteiger partial charge in [-0.15, -0.1) is 0 Å². The van der Waals surface area contributed by atoms with Crippen molar-refractivity contribution in [3.8, 4) is 27.9 Å². The van der Waals surface area contributed by atoms with E-state index in [2.05, 4.69) is 161 Å². The van der Waals surface area contributed by atoms with Gasteiger partial charge in [0.1, 0.15) is 0 Å². The summed E-state index contributed by atoms with van der Waals surface area (Å²) in [5.41, 5.74) is 7.15. The van der Waals surface area contributed by atoms with Crippen molar-refractivity contribution in [3.05, 3.63) is 164 Å². The molecule has 0 bridgehead atoms. The van der Waals surface area contributed by atoms with Crippen LogP contribution in [0.3, 0.4) is 0 Å². The standard InChI is InChI=1S/C42H27N2/c1-2-9-32-26-33(18-15-28(32)8-1)41-37-13-5-3-11-35(37)40(36-12-4-6-14-38(36)41)30-19-21-34(22-20-30)44-25-23-29-16-17-31-10-7-24-43-42(31)39(29)27-44/h1-27H/q+1. The highest BCUT2D eigenvalue weighted by Gasteiger charge is 2.18. The van der Waals surface area contributed by atoms with Crippen LogP contribution in [0, 0.1) is 0 Å². The number of fused-ring (bicyclic) bond motifs is 6. The van der Waals surface area contributed by atoms with Crippen LogP contribution >= 0.6 is 0 Å². The molecule has 0 N–H and O–H groups in total.